The van der Waals surface area contributed by atoms with Gasteiger partial charge in [0.2, 0.25) is 11.8 Å². The van der Waals surface area contributed by atoms with Crippen LogP contribution in [0.4, 0.5) is 5.69 Å². The minimum absolute atomic E-state index is 0.0227. The van der Waals surface area contributed by atoms with Gasteiger partial charge in [0.05, 0.1) is 20.4 Å². The first-order valence-electron chi connectivity index (χ1n) is 8.74. The van der Waals surface area contributed by atoms with Crippen molar-refractivity contribution in [2.45, 2.75) is 11.7 Å². The van der Waals surface area contributed by atoms with E-state index in [1.54, 1.807) is 44.7 Å². The molecular weight excluding hydrogens is 392 g/mol. The fourth-order valence-corrected chi connectivity index (χ4v) is 3.43. The van der Waals surface area contributed by atoms with Gasteiger partial charge in [-0.1, -0.05) is 17.8 Å². The lowest BCUT2D eigenvalue weighted by atomic mass is 10.2. The first kappa shape index (κ1) is 20.4. The Bertz CT molecular complexity index is 944. The number of ether oxygens (including phenoxy) is 2. The summed E-state index contributed by atoms with van der Waals surface area (Å²) in [5.74, 6) is 0.852. The van der Waals surface area contributed by atoms with E-state index in [9.17, 15) is 9.59 Å². The second kappa shape index (κ2) is 9.74. The molecule has 1 heterocycles. The molecule has 0 aliphatic carbocycles. The van der Waals surface area contributed by atoms with Gasteiger partial charge in [-0.15, -0.1) is 5.10 Å². The standard InChI is InChI=1S/C20H20N4O4S/c1-27-15-8-6-13(7-9-15)12-21-24-20-23-19(26)17(29-20)11-18(25)22-14-4-3-5-16(10-14)28-2/h3-10,12,17H,11H2,1-2H3,(H,22,25)(H,23,24,26). The van der Waals surface area contributed by atoms with Crippen LogP contribution < -0.4 is 20.1 Å². The number of methoxy groups -OCH3 is 2. The van der Waals surface area contributed by atoms with Crippen molar-refractivity contribution in [3.05, 3.63) is 54.1 Å². The quantitative estimate of drug-likeness (QED) is 0.538. The van der Waals surface area contributed by atoms with Crippen LogP contribution in [0.2, 0.25) is 0 Å². The SMILES string of the molecule is COc1ccc(C=N/N=C2\NC(=O)C(CC(=O)Nc3cccc(OC)c3)S2)cc1. The van der Waals surface area contributed by atoms with Crippen LogP contribution in [0.15, 0.2) is 58.7 Å². The van der Waals surface area contributed by atoms with Crippen LogP contribution in [0.5, 0.6) is 11.5 Å². The smallest absolute Gasteiger partial charge is 0.240 e. The third kappa shape index (κ3) is 5.82. The molecule has 2 aromatic carbocycles. The molecule has 8 nitrogen and oxygen atoms in total. The number of hydrogen-bond donors (Lipinski definition) is 2. The number of carbonyl (C=O) groups excluding carboxylic acids is 2. The normalized spacial score (nSPS) is 17.4. The monoisotopic (exact) mass is 412 g/mol. The lowest BCUT2D eigenvalue weighted by Crippen LogP contribution is -2.28. The molecule has 0 spiro atoms. The summed E-state index contributed by atoms with van der Waals surface area (Å²) in [7, 11) is 3.15. The molecule has 1 aliphatic heterocycles. The fourth-order valence-electron chi connectivity index (χ4n) is 2.51. The molecule has 1 unspecified atom stereocenters. The number of thioether (sulfide) groups is 1. The maximum absolute atomic E-state index is 12.2. The highest BCUT2D eigenvalue weighted by molar-refractivity contribution is 8.15. The van der Waals surface area contributed by atoms with Crippen LogP contribution in [0.1, 0.15) is 12.0 Å². The van der Waals surface area contributed by atoms with Crippen molar-refractivity contribution >= 4 is 40.6 Å². The van der Waals surface area contributed by atoms with Gasteiger partial charge in [-0.25, -0.2) is 0 Å². The summed E-state index contributed by atoms with van der Waals surface area (Å²) in [6.45, 7) is 0. The molecule has 2 amide bonds. The Labute approximate surface area is 172 Å². The molecule has 2 aromatic rings. The lowest BCUT2D eigenvalue weighted by Gasteiger charge is -2.08. The maximum Gasteiger partial charge on any atom is 0.240 e. The van der Waals surface area contributed by atoms with Crippen molar-refractivity contribution in [2.75, 3.05) is 19.5 Å². The summed E-state index contributed by atoms with van der Waals surface area (Å²) in [6, 6.07) is 14.3. The van der Waals surface area contributed by atoms with Crippen LogP contribution in [0.3, 0.4) is 0 Å². The molecule has 0 aromatic heterocycles. The number of rotatable bonds is 7. The second-order valence-electron chi connectivity index (χ2n) is 6.00. The minimum Gasteiger partial charge on any atom is -0.497 e. The number of nitrogens with zero attached hydrogens (tertiary/aromatic N) is 2. The van der Waals surface area contributed by atoms with E-state index < -0.39 is 5.25 Å². The molecule has 1 saturated heterocycles. The van der Waals surface area contributed by atoms with Crippen molar-refractivity contribution in [2.24, 2.45) is 10.2 Å². The first-order valence-corrected chi connectivity index (χ1v) is 9.62. The second-order valence-corrected chi connectivity index (χ2v) is 7.19. The van der Waals surface area contributed by atoms with E-state index >= 15 is 0 Å². The average molecular weight is 412 g/mol. The Balaban J connectivity index is 1.54. The summed E-state index contributed by atoms with van der Waals surface area (Å²) in [5.41, 5.74) is 1.45. The molecule has 3 rings (SSSR count). The highest BCUT2D eigenvalue weighted by atomic mass is 32.2. The van der Waals surface area contributed by atoms with E-state index in [-0.39, 0.29) is 18.2 Å². The molecule has 1 aliphatic rings. The van der Waals surface area contributed by atoms with Gasteiger partial charge >= 0.3 is 0 Å². The highest BCUT2D eigenvalue weighted by Gasteiger charge is 2.32. The minimum atomic E-state index is -0.560. The molecule has 1 fully saturated rings. The van der Waals surface area contributed by atoms with E-state index in [0.29, 0.717) is 16.6 Å². The van der Waals surface area contributed by atoms with Crippen LogP contribution in [0, 0.1) is 0 Å². The largest absolute Gasteiger partial charge is 0.497 e. The summed E-state index contributed by atoms with van der Waals surface area (Å²) >= 11 is 1.18. The van der Waals surface area contributed by atoms with Gasteiger partial charge in [0.1, 0.15) is 16.7 Å². The van der Waals surface area contributed by atoms with Crippen molar-refractivity contribution in [1.29, 1.82) is 0 Å². The summed E-state index contributed by atoms with van der Waals surface area (Å²) in [6.07, 6.45) is 1.59. The number of benzene rings is 2. The summed E-state index contributed by atoms with van der Waals surface area (Å²) in [5, 5.41) is 13.2. The van der Waals surface area contributed by atoms with Crippen molar-refractivity contribution in [3.63, 3.8) is 0 Å². The van der Waals surface area contributed by atoms with Gasteiger partial charge in [-0.3, -0.25) is 9.59 Å². The zero-order chi connectivity index (χ0) is 20.6. The van der Waals surface area contributed by atoms with Gasteiger partial charge in [-0.2, -0.15) is 5.10 Å². The van der Waals surface area contributed by atoms with Crippen LogP contribution >= 0.6 is 11.8 Å². The van der Waals surface area contributed by atoms with E-state index in [2.05, 4.69) is 20.8 Å². The van der Waals surface area contributed by atoms with Gasteiger partial charge in [0.25, 0.3) is 0 Å². The molecule has 150 valence electrons. The fraction of sp³-hybridized carbons (Fsp3) is 0.200. The van der Waals surface area contributed by atoms with E-state index in [1.165, 1.54) is 11.8 Å². The first-order chi connectivity index (χ1) is 14.1. The van der Waals surface area contributed by atoms with E-state index in [4.69, 9.17) is 9.47 Å². The van der Waals surface area contributed by atoms with E-state index in [0.717, 1.165) is 11.3 Å². The molecule has 2 N–H and O–H groups in total. The van der Waals surface area contributed by atoms with Crippen LogP contribution in [-0.4, -0.2) is 42.7 Å². The highest BCUT2D eigenvalue weighted by Crippen LogP contribution is 2.24. The van der Waals surface area contributed by atoms with Gasteiger partial charge in [-0.05, 0) is 42.0 Å². The summed E-state index contributed by atoms with van der Waals surface area (Å²) < 4.78 is 10.2. The molecule has 0 radical (unpaired) electrons. The van der Waals surface area contributed by atoms with Gasteiger partial charge in [0.15, 0.2) is 5.17 Å². The lowest BCUT2D eigenvalue weighted by molar-refractivity contribution is -0.122. The predicted molar refractivity (Wildman–Crippen MR) is 114 cm³/mol. The maximum atomic E-state index is 12.2. The van der Waals surface area contributed by atoms with Gasteiger partial charge in [0, 0.05) is 18.2 Å². The number of nitrogens with one attached hydrogen (secondary N) is 2. The molecule has 0 bridgehead atoms. The number of anilines is 1. The molecule has 1 atom stereocenters. The molecule has 0 saturated carbocycles. The molecular formula is C20H20N4O4S. The topological polar surface area (TPSA) is 101 Å². The van der Waals surface area contributed by atoms with Crippen LogP contribution in [-0.2, 0) is 9.59 Å². The average Bonchev–Trinajstić information content (AvgIpc) is 3.07. The zero-order valence-electron chi connectivity index (χ0n) is 15.9. The third-order valence-electron chi connectivity index (χ3n) is 3.97. The predicted octanol–water partition coefficient (Wildman–Crippen LogP) is 2.65. The van der Waals surface area contributed by atoms with Crippen LogP contribution in [0.25, 0.3) is 0 Å². The van der Waals surface area contributed by atoms with Crippen molar-refractivity contribution in [3.8, 4) is 11.5 Å². The zero-order valence-corrected chi connectivity index (χ0v) is 16.7. The number of hydrogen-bond acceptors (Lipinski definition) is 7. The Morgan fingerprint density at radius 1 is 1.17 bits per heavy atom. The Hall–Kier alpha value is -3.33. The van der Waals surface area contributed by atoms with E-state index in [1.807, 2.05) is 24.3 Å². The number of carbonyl (C=O) groups is 2. The Kier molecular flexibility index (Phi) is 6.85. The Morgan fingerprint density at radius 3 is 2.66 bits per heavy atom. The molecule has 9 heteroatoms. The molecule has 29 heavy (non-hydrogen) atoms. The number of amides is 2. The van der Waals surface area contributed by atoms with Crippen molar-refractivity contribution in [1.82, 2.24) is 5.32 Å². The van der Waals surface area contributed by atoms with Crippen molar-refractivity contribution < 1.29 is 19.1 Å². The number of amidine groups is 1. The van der Waals surface area contributed by atoms with Gasteiger partial charge < -0.3 is 20.1 Å². The third-order valence-corrected chi connectivity index (χ3v) is 5.04. The summed E-state index contributed by atoms with van der Waals surface area (Å²) in [4.78, 5) is 24.3. The Morgan fingerprint density at radius 2 is 1.93 bits per heavy atom.